The molecule has 132 valence electrons. The van der Waals surface area contributed by atoms with Gasteiger partial charge in [-0.3, -0.25) is 4.99 Å². The van der Waals surface area contributed by atoms with Crippen LogP contribution in [0.25, 0.3) is 0 Å². The topological polar surface area (TPSA) is 49.6 Å². The number of hydrogen-bond donors (Lipinski definition) is 2. The summed E-state index contributed by atoms with van der Waals surface area (Å²) >= 11 is 0. The van der Waals surface area contributed by atoms with E-state index in [1.807, 2.05) is 12.1 Å². The highest BCUT2D eigenvalue weighted by atomic mass is 127. The number of benzene rings is 1. The summed E-state index contributed by atoms with van der Waals surface area (Å²) in [5.41, 5.74) is 2.89. The Morgan fingerprint density at radius 2 is 2.08 bits per heavy atom. The Bertz CT molecular complexity index is 719. The van der Waals surface area contributed by atoms with Gasteiger partial charge in [-0.15, -0.1) is 30.4 Å². The second kappa shape index (κ2) is 10.1. The van der Waals surface area contributed by atoms with Gasteiger partial charge in [0.15, 0.2) is 5.96 Å². The number of nitrogens with zero attached hydrogens (tertiary/aromatic N) is 1. The number of halogens is 1. The van der Waals surface area contributed by atoms with Crippen LogP contribution in [0.4, 0.5) is 0 Å². The normalized spacial score (nSPS) is 16.3. The van der Waals surface area contributed by atoms with Gasteiger partial charge < -0.3 is 15.1 Å². The van der Waals surface area contributed by atoms with E-state index in [-0.39, 0.29) is 24.0 Å². The van der Waals surface area contributed by atoms with Gasteiger partial charge in [0.2, 0.25) is 0 Å². The molecule has 0 bridgehead atoms. The van der Waals surface area contributed by atoms with Crippen molar-refractivity contribution in [3.63, 3.8) is 0 Å². The number of hydrogen-bond acceptors (Lipinski definition) is 2. The average molecular weight is 449 g/mol. The molecule has 0 saturated heterocycles. The van der Waals surface area contributed by atoms with E-state index in [9.17, 15) is 0 Å². The van der Waals surface area contributed by atoms with Crippen molar-refractivity contribution in [1.82, 2.24) is 10.6 Å². The number of guanidine groups is 1. The van der Waals surface area contributed by atoms with Gasteiger partial charge in [-0.1, -0.05) is 30.2 Å². The summed E-state index contributed by atoms with van der Waals surface area (Å²) in [6.45, 7) is 1.13. The molecular formula is C20H24IN3O. The van der Waals surface area contributed by atoms with Crippen LogP contribution in [0.1, 0.15) is 23.3 Å². The molecule has 0 amide bonds. The lowest BCUT2D eigenvalue weighted by Crippen LogP contribution is -2.46. The van der Waals surface area contributed by atoms with E-state index in [0.717, 1.165) is 37.4 Å². The van der Waals surface area contributed by atoms with Crippen molar-refractivity contribution in [2.45, 2.75) is 31.7 Å². The van der Waals surface area contributed by atoms with Crippen molar-refractivity contribution in [2.24, 2.45) is 4.99 Å². The molecule has 0 spiro atoms. The fourth-order valence-electron chi connectivity index (χ4n) is 3.03. The molecule has 4 nitrogen and oxygen atoms in total. The van der Waals surface area contributed by atoms with Crippen molar-refractivity contribution >= 4 is 29.9 Å². The van der Waals surface area contributed by atoms with E-state index in [1.54, 1.807) is 6.26 Å². The Morgan fingerprint density at radius 3 is 2.84 bits per heavy atom. The number of fused-ring (bicyclic) bond motifs is 1. The van der Waals surface area contributed by atoms with Crippen LogP contribution in [-0.2, 0) is 19.3 Å². The SMILES string of the molecule is C#CCNC(=NCCc1ccco1)NC1CCc2ccccc2C1.I. The minimum atomic E-state index is 0. The highest BCUT2D eigenvalue weighted by Gasteiger charge is 2.18. The average Bonchev–Trinajstić information content (AvgIpc) is 3.13. The van der Waals surface area contributed by atoms with Crippen molar-refractivity contribution in [3.8, 4) is 12.3 Å². The van der Waals surface area contributed by atoms with Gasteiger partial charge in [0, 0.05) is 19.0 Å². The Balaban J connectivity index is 0.00000225. The summed E-state index contributed by atoms with van der Waals surface area (Å²) in [4.78, 5) is 4.63. The first-order valence-electron chi connectivity index (χ1n) is 8.42. The molecule has 2 N–H and O–H groups in total. The Hall–Kier alpha value is -1.94. The fourth-order valence-corrected chi connectivity index (χ4v) is 3.03. The zero-order valence-corrected chi connectivity index (χ0v) is 16.5. The lowest BCUT2D eigenvalue weighted by Gasteiger charge is -2.27. The van der Waals surface area contributed by atoms with Crippen molar-refractivity contribution in [1.29, 1.82) is 0 Å². The molecule has 0 fully saturated rings. The van der Waals surface area contributed by atoms with E-state index in [0.29, 0.717) is 19.1 Å². The van der Waals surface area contributed by atoms with Crippen LogP contribution in [0.3, 0.4) is 0 Å². The van der Waals surface area contributed by atoms with Crippen LogP contribution in [-0.4, -0.2) is 25.1 Å². The van der Waals surface area contributed by atoms with Crippen molar-refractivity contribution < 1.29 is 4.42 Å². The molecule has 3 rings (SSSR count). The first-order valence-corrected chi connectivity index (χ1v) is 8.42. The summed E-state index contributed by atoms with van der Waals surface area (Å²) in [5.74, 6) is 4.33. The lowest BCUT2D eigenvalue weighted by molar-refractivity contribution is 0.508. The number of rotatable bonds is 5. The number of furan rings is 1. The maximum atomic E-state index is 5.37. The van der Waals surface area contributed by atoms with Gasteiger partial charge in [0.1, 0.15) is 5.76 Å². The highest BCUT2D eigenvalue weighted by Crippen LogP contribution is 2.20. The van der Waals surface area contributed by atoms with Gasteiger partial charge in [-0.05, 0) is 42.5 Å². The predicted molar refractivity (Wildman–Crippen MR) is 112 cm³/mol. The van der Waals surface area contributed by atoms with Gasteiger partial charge in [-0.2, -0.15) is 0 Å². The maximum Gasteiger partial charge on any atom is 0.192 e. The van der Waals surface area contributed by atoms with Crippen LogP contribution < -0.4 is 10.6 Å². The third-order valence-electron chi connectivity index (χ3n) is 4.25. The molecule has 1 aromatic carbocycles. The quantitative estimate of drug-likeness (QED) is 0.319. The minimum absolute atomic E-state index is 0. The molecule has 0 aliphatic heterocycles. The van der Waals surface area contributed by atoms with E-state index >= 15 is 0 Å². The molecular weight excluding hydrogens is 425 g/mol. The fraction of sp³-hybridized carbons (Fsp3) is 0.350. The zero-order valence-electron chi connectivity index (χ0n) is 14.2. The Labute approximate surface area is 166 Å². The van der Waals surface area contributed by atoms with Crippen LogP contribution >= 0.6 is 24.0 Å². The number of aryl methyl sites for hydroxylation is 1. The van der Waals surface area contributed by atoms with Gasteiger partial charge in [0.05, 0.1) is 12.8 Å². The standard InChI is InChI=1S/C20H23N3O.HI/c1-2-12-21-20(22-13-11-19-8-5-14-24-19)23-18-10-9-16-6-3-4-7-17(16)15-18;/h1,3-8,14,18H,9-13,15H2,(H2,21,22,23);1H. The number of nitrogens with one attached hydrogen (secondary N) is 2. The van der Waals surface area contributed by atoms with Gasteiger partial charge >= 0.3 is 0 Å². The van der Waals surface area contributed by atoms with Crippen LogP contribution in [0.2, 0.25) is 0 Å². The Kier molecular flexibility index (Phi) is 7.86. The largest absolute Gasteiger partial charge is 0.469 e. The van der Waals surface area contributed by atoms with Crippen LogP contribution in [0.15, 0.2) is 52.1 Å². The monoisotopic (exact) mass is 449 g/mol. The highest BCUT2D eigenvalue weighted by molar-refractivity contribution is 14.0. The molecule has 1 aliphatic rings. The van der Waals surface area contributed by atoms with Crippen LogP contribution in [0.5, 0.6) is 0 Å². The van der Waals surface area contributed by atoms with Gasteiger partial charge in [-0.25, -0.2) is 0 Å². The van der Waals surface area contributed by atoms with E-state index < -0.39 is 0 Å². The molecule has 5 heteroatoms. The third kappa shape index (κ3) is 5.82. The number of terminal acetylenes is 1. The zero-order chi connectivity index (χ0) is 16.6. The summed E-state index contributed by atoms with van der Waals surface area (Å²) in [5, 5.41) is 6.72. The van der Waals surface area contributed by atoms with E-state index in [1.165, 1.54) is 11.1 Å². The second-order valence-corrected chi connectivity index (χ2v) is 5.97. The summed E-state index contributed by atoms with van der Waals surface area (Å²) in [6, 6.07) is 12.9. The van der Waals surface area contributed by atoms with Crippen molar-refractivity contribution in [2.75, 3.05) is 13.1 Å². The lowest BCUT2D eigenvalue weighted by atomic mass is 9.88. The second-order valence-electron chi connectivity index (χ2n) is 5.97. The third-order valence-corrected chi connectivity index (χ3v) is 4.25. The summed E-state index contributed by atoms with van der Waals surface area (Å²) in [7, 11) is 0. The molecule has 1 atom stereocenters. The molecule has 1 aliphatic carbocycles. The van der Waals surface area contributed by atoms with Gasteiger partial charge in [0.25, 0.3) is 0 Å². The molecule has 1 unspecified atom stereocenters. The molecule has 1 heterocycles. The molecule has 0 saturated carbocycles. The molecule has 2 aromatic rings. The predicted octanol–water partition coefficient (Wildman–Crippen LogP) is 3.17. The summed E-state index contributed by atoms with van der Waals surface area (Å²) < 4.78 is 5.34. The number of aliphatic imine (C=N–C) groups is 1. The summed E-state index contributed by atoms with van der Waals surface area (Å²) in [6.07, 6.45) is 11.1. The Morgan fingerprint density at radius 1 is 1.24 bits per heavy atom. The van der Waals surface area contributed by atoms with Crippen LogP contribution in [0, 0.1) is 12.3 Å². The minimum Gasteiger partial charge on any atom is -0.469 e. The maximum absolute atomic E-state index is 5.37. The molecule has 1 aromatic heterocycles. The van der Waals surface area contributed by atoms with E-state index in [4.69, 9.17) is 10.8 Å². The first-order chi connectivity index (χ1) is 11.8. The van der Waals surface area contributed by atoms with Crippen molar-refractivity contribution in [3.05, 3.63) is 59.5 Å². The molecule has 25 heavy (non-hydrogen) atoms. The molecule has 0 radical (unpaired) electrons. The smallest absolute Gasteiger partial charge is 0.192 e. The first kappa shape index (κ1) is 19.4. The van der Waals surface area contributed by atoms with E-state index in [2.05, 4.69) is 45.8 Å².